The van der Waals surface area contributed by atoms with E-state index in [2.05, 4.69) is 5.32 Å². The van der Waals surface area contributed by atoms with Gasteiger partial charge in [0.05, 0.1) is 18.7 Å². The van der Waals surface area contributed by atoms with E-state index in [0.29, 0.717) is 12.3 Å². The van der Waals surface area contributed by atoms with Crippen molar-refractivity contribution in [1.82, 2.24) is 15.1 Å². The molecule has 2 fully saturated rings. The van der Waals surface area contributed by atoms with E-state index in [0.717, 1.165) is 4.90 Å². The van der Waals surface area contributed by atoms with Gasteiger partial charge in [-0.3, -0.25) is 19.3 Å². The molecule has 9 nitrogen and oxygen atoms in total. The van der Waals surface area contributed by atoms with Gasteiger partial charge in [0.25, 0.3) is 5.91 Å². The van der Waals surface area contributed by atoms with Crippen LogP contribution in [0.4, 0.5) is 4.79 Å². The average Bonchev–Trinajstić information content (AvgIpc) is 3.30. The van der Waals surface area contributed by atoms with Crippen LogP contribution in [0, 0.1) is 5.92 Å². The fraction of sp³-hybridized carbons (Fsp3) is 0.500. The number of carbonyl (C=O) groups excluding carboxylic acids is 4. The minimum atomic E-state index is -1.08. The zero-order valence-corrected chi connectivity index (χ0v) is 13.8. The van der Waals surface area contributed by atoms with Crippen LogP contribution in [0.3, 0.4) is 0 Å². The Bertz CT molecular complexity index is 686. The van der Waals surface area contributed by atoms with Crippen LogP contribution >= 0.6 is 0 Å². The molecule has 0 bridgehead atoms. The number of hydrogen-bond donors (Lipinski definition) is 1. The second kappa shape index (κ2) is 6.96. The van der Waals surface area contributed by atoms with Crippen LogP contribution in [0.1, 0.15) is 19.1 Å². The normalized spacial score (nSPS) is 21.4. The SMILES string of the molecule is C[C@H](OC(=O)[C@@H]1CC(=O)N(Cc2ccco2)C1)C(=O)N1CCNC1=O. The van der Waals surface area contributed by atoms with Gasteiger partial charge >= 0.3 is 12.0 Å². The molecule has 2 aliphatic heterocycles. The molecule has 4 amide bonds. The van der Waals surface area contributed by atoms with E-state index in [-0.39, 0.29) is 32.0 Å². The number of urea groups is 1. The third kappa shape index (κ3) is 3.65. The summed E-state index contributed by atoms with van der Waals surface area (Å²) < 4.78 is 10.4. The van der Waals surface area contributed by atoms with Gasteiger partial charge in [-0.15, -0.1) is 0 Å². The van der Waals surface area contributed by atoms with Gasteiger partial charge in [-0.25, -0.2) is 4.79 Å². The summed E-state index contributed by atoms with van der Waals surface area (Å²) in [6, 6.07) is 2.98. The van der Waals surface area contributed by atoms with E-state index in [4.69, 9.17) is 9.15 Å². The molecule has 0 spiro atoms. The number of esters is 1. The number of likely N-dealkylation sites (tertiary alicyclic amines) is 1. The zero-order valence-electron chi connectivity index (χ0n) is 13.8. The lowest BCUT2D eigenvalue weighted by Crippen LogP contribution is -2.42. The summed E-state index contributed by atoms with van der Waals surface area (Å²) in [5, 5.41) is 2.51. The van der Waals surface area contributed by atoms with Gasteiger partial charge in [0.1, 0.15) is 5.76 Å². The minimum Gasteiger partial charge on any atom is -0.467 e. The first-order valence-corrected chi connectivity index (χ1v) is 8.05. The molecule has 0 unspecified atom stereocenters. The Hall–Kier alpha value is -2.84. The summed E-state index contributed by atoms with van der Waals surface area (Å²) in [5.74, 6) is -1.36. The lowest BCUT2D eigenvalue weighted by Gasteiger charge is -2.20. The number of nitrogens with one attached hydrogen (secondary N) is 1. The molecule has 3 rings (SSSR count). The van der Waals surface area contributed by atoms with Crippen molar-refractivity contribution in [3.63, 3.8) is 0 Å². The molecule has 2 atom stereocenters. The third-order valence-electron chi connectivity index (χ3n) is 4.24. The van der Waals surface area contributed by atoms with E-state index in [1.807, 2.05) is 0 Å². The fourth-order valence-electron chi connectivity index (χ4n) is 2.90. The lowest BCUT2D eigenvalue weighted by molar-refractivity contribution is -0.160. The van der Waals surface area contributed by atoms with Gasteiger partial charge in [-0.05, 0) is 19.1 Å². The van der Waals surface area contributed by atoms with Gasteiger partial charge in [-0.1, -0.05) is 0 Å². The Morgan fingerprint density at radius 3 is 2.88 bits per heavy atom. The molecule has 0 saturated carbocycles. The van der Waals surface area contributed by atoms with Crippen LogP contribution in [0.25, 0.3) is 0 Å². The molecule has 25 heavy (non-hydrogen) atoms. The molecule has 0 aromatic carbocycles. The predicted molar refractivity (Wildman–Crippen MR) is 82.9 cm³/mol. The van der Waals surface area contributed by atoms with Crippen LogP contribution in [-0.4, -0.2) is 59.4 Å². The molecular weight excluding hydrogens is 330 g/mol. The number of rotatable bonds is 5. The first-order chi connectivity index (χ1) is 12.0. The Kier molecular flexibility index (Phi) is 4.73. The number of hydrogen-bond acceptors (Lipinski definition) is 6. The van der Waals surface area contributed by atoms with Crippen LogP contribution < -0.4 is 5.32 Å². The maximum atomic E-state index is 12.3. The number of amides is 4. The highest BCUT2D eigenvalue weighted by Crippen LogP contribution is 2.22. The summed E-state index contributed by atoms with van der Waals surface area (Å²) in [6.07, 6.45) is 0.472. The Labute approximate surface area is 143 Å². The fourth-order valence-corrected chi connectivity index (χ4v) is 2.90. The quantitative estimate of drug-likeness (QED) is 0.756. The Balaban J connectivity index is 1.53. The zero-order chi connectivity index (χ0) is 18.0. The molecule has 1 aromatic heterocycles. The lowest BCUT2D eigenvalue weighted by atomic mass is 10.1. The van der Waals surface area contributed by atoms with Gasteiger partial charge in [0.2, 0.25) is 5.91 Å². The number of ether oxygens (including phenoxy) is 1. The van der Waals surface area contributed by atoms with E-state index in [9.17, 15) is 19.2 Å². The molecule has 1 N–H and O–H groups in total. The van der Waals surface area contributed by atoms with E-state index < -0.39 is 29.9 Å². The van der Waals surface area contributed by atoms with Crippen LogP contribution in [0.2, 0.25) is 0 Å². The third-order valence-corrected chi connectivity index (χ3v) is 4.24. The molecular formula is C16H19N3O6. The van der Waals surface area contributed by atoms with Crippen LogP contribution in [-0.2, 0) is 25.7 Å². The van der Waals surface area contributed by atoms with Crippen molar-refractivity contribution in [2.45, 2.75) is 26.0 Å². The summed E-state index contributed by atoms with van der Waals surface area (Å²) >= 11 is 0. The van der Waals surface area contributed by atoms with Gasteiger partial charge in [-0.2, -0.15) is 0 Å². The van der Waals surface area contributed by atoms with Gasteiger partial charge in [0, 0.05) is 26.1 Å². The van der Waals surface area contributed by atoms with Crippen molar-refractivity contribution in [3.05, 3.63) is 24.2 Å². The van der Waals surface area contributed by atoms with Gasteiger partial charge < -0.3 is 19.4 Å². The smallest absolute Gasteiger partial charge is 0.324 e. The highest BCUT2D eigenvalue weighted by molar-refractivity contribution is 5.98. The monoisotopic (exact) mass is 349 g/mol. The Morgan fingerprint density at radius 2 is 2.24 bits per heavy atom. The number of nitrogens with zero attached hydrogens (tertiary/aromatic N) is 2. The molecule has 2 aliphatic rings. The van der Waals surface area contributed by atoms with Crippen LogP contribution in [0.5, 0.6) is 0 Å². The number of furan rings is 1. The highest BCUT2D eigenvalue weighted by Gasteiger charge is 2.38. The van der Waals surface area contributed by atoms with Crippen molar-refractivity contribution >= 4 is 23.8 Å². The standard InChI is InChI=1S/C16H19N3O6/c1-10(14(21)19-5-4-17-16(19)23)25-15(22)11-7-13(20)18(8-11)9-12-3-2-6-24-12/h2-3,6,10-11H,4-5,7-9H2,1H3,(H,17,23)/t10-,11+/m0/s1. The van der Waals surface area contributed by atoms with E-state index in [1.165, 1.54) is 18.1 Å². The second-order valence-corrected chi connectivity index (χ2v) is 6.06. The summed E-state index contributed by atoms with van der Waals surface area (Å²) in [6.45, 7) is 2.55. The summed E-state index contributed by atoms with van der Waals surface area (Å²) in [7, 11) is 0. The molecule has 0 radical (unpaired) electrons. The second-order valence-electron chi connectivity index (χ2n) is 6.06. The molecule has 2 saturated heterocycles. The summed E-state index contributed by atoms with van der Waals surface area (Å²) in [5.41, 5.74) is 0. The number of carbonyl (C=O) groups is 4. The maximum Gasteiger partial charge on any atom is 0.324 e. The average molecular weight is 349 g/mol. The number of imide groups is 1. The first kappa shape index (κ1) is 17.0. The van der Waals surface area contributed by atoms with Crippen molar-refractivity contribution in [3.8, 4) is 0 Å². The largest absolute Gasteiger partial charge is 0.467 e. The molecule has 3 heterocycles. The van der Waals surface area contributed by atoms with Crippen LogP contribution in [0.15, 0.2) is 22.8 Å². The van der Waals surface area contributed by atoms with E-state index >= 15 is 0 Å². The minimum absolute atomic E-state index is 0.0324. The van der Waals surface area contributed by atoms with Gasteiger partial charge in [0.15, 0.2) is 6.10 Å². The molecule has 134 valence electrons. The molecule has 0 aliphatic carbocycles. The van der Waals surface area contributed by atoms with Crippen molar-refractivity contribution in [2.24, 2.45) is 5.92 Å². The summed E-state index contributed by atoms with van der Waals surface area (Å²) in [4.78, 5) is 50.5. The topological polar surface area (TPSA) is 109 Å². The van der Waals surface area contributed by atoms with E-state index in [1.54, 1.807) is 12.1 Å². The van der Waals surface area contributed by atoms with Crippen molar-refractivity contribution in [1.29, 1.82) is 0 Å². The highest BCUT2D eigenvalue weighted by atomic mass is 16.5. The molecule has 9 heteroatoms. The maximum absolute atomic E-state index is 12.3. The first-order valence-electron chi connectivity index (χ1n) is 8.05. The Morgan fingerprint density at radius 1 is 1.44 bits per heavy atom. The van der Waals surface area contributed by atoms with Crippen molar-refractivity contribution < 1.29 is 28.3 Å². The van der Waals surface area contributed by atoms with Crippen molar-refractivity contribution in [2.75, 3.05) is 19.6 Å². The molecule has 1 aromatic rings. The predicted octanol–water partition coefficient (Wildman–Crippen LogP) is 0.112.